The molecule has 1 aromatic carbocycles. The van der Waals surface area contributed by atoms with E-state index in [0.717, 1.165) is 10.5 Å². The Morgan fingerprint density at radius 1 is 1.00 bits per heavy atom. The van der Waals surface area contributed by atoms with Crippen LogP contribution in [0.4, 0.5) is 8.78 Å². The third kappa shape index (κ3) is 2.04. The van der Waals surface area contributed by atoms with Crippen LogP contribution in [0.25, 0.3) is 11.3 Å². The fourth-order valence-electron chi connectivity index (χ4n) is 1.23. The van der Waals surface area contributed by atoms with E-state index in [0.29, 0.717) is 5.56 Å². The van der Waals surface area contributed by atoms with Gasteiger partial charge >= 0.3 is 0 Å². The lowest BCUT2D eigenvalue weighted by Crippen LogP contribution is -1.92. The van der Waals surface area contributed by atoms with Crippen LogP contribution in [0, 0.1) is 11.6 Å². The van der Waals surface area contributed by atoms with Crippen LogP contribution in [0.1, 0.15) is 0 Å². The Morgan fingerprint density at radius 2 is 1.67 bits per heavy atom. The van der Waals surface area contributed by atoms with Crippen molar-refractivity contribution in [3.05, 3.63) is 52.6 Å². The van der Waals surface area contributed by atoms with E-state index in [2.05, 4.69) is 20.9 Å². The molecular formula is C11H6BrF2N. The van der Waals surface area contributed by atoms with E-state index in [9.17, 15) is 8.78 Å². The van der Waals surface area contributed by atoms with Crippen LogP contribution in [-0.2, 0) is 0 Å². The summed E-state index contributed by atoms with van der Waals surface area (Å²) in [6.07, 6.45) is 1.25. The summed E-state index contributed by atoms with van der Waals surface area (Å²) in [6.45, 7) is 0. The zero-order valence-electron chi connectivity index (χ0n) is 7.55. The maximum absolute atomic E-state index is 13.3. The van der Waals surface area contributed by atoms with Crippen LogP contribution >= 0.6 is 15.9 Å². The Morgan fingerprint density at radius 3 is 2.33 bits per heavy atom. The highest BCUT2D eigenvalue weighted by Gasteiger charge is 2.10. The zero-order valence-corrected chi connectivity index (χ0v) is 9.13. The lowest BCUT2D eigenvalue weighted by atomic mass is 10.1. The minimum Gasteiger partial charge on any atom is -0.253 e. The summed E-state index contributed by atoms with van der Waals surface area (Å²) in [4.78, 5) is 3.81. The van der Waals surface area contributed by atoms with Gasteiger partial charge in [-0.3, -0.25) is 4.98 Å². The third-order valence-corrected chi connectivity index (χ3v) is 2.49. The number of halogens is 3. The number of hydrogen-bond donors (Lipinski definition) is 0. The van der Waals surface area contributed by atoms with Crippen molar-refractivity contribution in [3.8, 4) is 11.3 Å². The van der Waals surface area contributed by atoms with E-state index in [-0.39, 0.29) is 5.69 Å². The predicted octanol–water partition coefficient (Wildman–Crippen LogP) is 3.79. The molecule has 0 amide bonds. The fraction of sp³-hybridized carbons (Fsp3) is 0. The first-order valence-electron chi connectivity index (χ1n) is 4.24. The fourth-order valence-corrected chi connectivity index (χ4v) is 1.49. The number of benzene rings is 1. The Balaban J connectivity index is 2.54. The minimum atomic E-state index is -0.917. The molecule has 76 valence electrons. The molecule has 0 atom stereocenters. The molecule has 1 aromatic heterocycles. The largest absolute Gasteiger partial charge is 0.253 e. The van der Waals surface area contributed by atoms with Crippen molar-refractivity contribution in [3.63, 3.8) is 0 Å². The number of hydrogen-bond acceptors (Lipinski definition) is 1. The molecule has 0 aliphatic carbocycles. The SMILES string of the molecule is Fc1ccnc(-c2ccc(Br)cc2)c1F. The van der Waals surface area contributed by atoms with Crippen LogP contribution in [0.15, 0.2) is 41.0 Å². The molecule has 2 aromatic rings. The van der Waals surface area contributed by atoms with Gasteiger partial charge in [-0.1, -0.05) is 28.1 Å². The second-order valence-corrected chi connectivity index (χ2v) is 3.88. The molecule has 0 aliphatic rings. The predicted molar refractivity (Wildman–Crippen MR) is 57.3 cm³/mol. The first-order valence-corrected chi connectivity index (χ1v) is 5.04. The van der Waals surface area contributed by atoms with Crippen molar-refractivity contribution < 1.29 is 8.78 Å². The van der Waals surface area contributed by atoms with Gasteiger partial charge in [-0.2, -0.15) is 0 Å². The van der Waals surface area contributed by atoms with E-state index in [1.54, 1.807) is 24.3 Å². The molecule has 0 bridgehead atoms. The van der Waals surface area contributed by atoms with E-state index >= 15 is 0 Å². The van der Waals surface area contributed by atoms with E-state index in [1.807, 2.05) is 0 Å². The summed E-state index contributed by atoms with van der Waals surface area (Å²) in [5.74, 6) is -1.80. The first kappa shape index (κ1) is 10.2. The zero-order chi connectivity index (χ0) is 10.8. The minimum absolute atomic E-state index is 0.0301. The van der Waals surface area contributed by atoms with Gasteiger partial charge in [0.2, 0.25) is 0 Å². The first-order chi connectivity index (χ1) is 7.18. The second kappa shape index (κ2) is 4.06. The second-order valence-electron chi connectivity index (χ2n) is 2.96. The molecule has 0 saturated heterocycles. The monoisotopic (exact) mass is 269 g/mol. The topological polar surface area (TPSA) is 12.9 Å². The molecule has 2 rings (SSSR count). The standard InChI is InChI=1S/C11H6BrF2N/c12-8-3-1-7(2-4-8)11-10(14)9(13)5-6-15-11/h1-6H. The number of aromatic nitrogens is 1. The number of rotatable bonds is 1. The van der Waals surface area contributed by atoms with E-state index in [1.165, 1.54) is 6.20 Å². The smallest absolute Gasteiger partial charge is 0.185 e. The highest BCUT2D eigenvalue weighted by molar-refractivity contribution is 9.10. The van der Waals surface area contributed by atoms with Gasteiger partial charge in [-0.05, 0) is 18.2 Å². The van der Waals surface area contributed by atoms with Gasteiger partial charge in [0.1, 0.15) is 5.69 Å². The van der Waals surface area contributed by atoms with Crippen molar-refractivity contribution in [1.82, 2.24) is 4.98 Å². The quantitative estimate of drug-likeness (QED) is 0.768. The molecule has 0 N–H and O–H groups in total. The van der Waals surface area contributed by atoms with Gasteiger partial charge in [-0.25, -0.2) is 8.78 Å². The van der Waals surface area contributed by atoms with Crippen LogP contribution in [-0.4, -0.2) is 4.98 Å². The molecule has 0 radical (unpaired) electrons. The van der Waals surface area contributed by atoms with Gasteiger partial charge in [0.25, 0.3) is 0 Å². The van der Waals surface area contributed by atoms with Crippen LogP contribution in [0.3, 0.4) is 0 Å². The molecular weight excluding hydrogens is 264 g/mol. The molecule has 4 heteroatoms. The average molecular weight is 270 g/mol. The summed E-state index contributed by atoms with van der Waals surface area (Å²) in [7, 11) is 0. The maximum atomic E-state index is 13.3. The molecule has 0 spiro atoms. The van der Waals surface area contributed by atoms with Gasteiger partial charge in [-0.15, -0.1) is 0 Å². The lowest BCUT2D eigenvalue weighted by molar-refractivity contribution is 0.507. The summed E-state index contributed by atoms with van der Waals surface area (Å²) in [5.41, 5.74) is 0.581. The highest BCUT2D eigenvalue weighted by Crippen LogP contribution is 2.23. The molecule has 0 aliphatic heterocycles. The van der Waals surface area contributed by atoms with Gasteiger partial charge in [0.05, 0.1) is 0 Å². The van der Waals surface area contributed by atoms with E-state index in [4.69, 9.17) is 0 Å². The van der Waals surface area contributed by atoms with E-state index < -0.39 is 11.6 Å². The Hall–Kier alpha value is -1.29. The Bertz CT molecular complexity index is 482. The van der Waals surface area contributed by atoms with Crippen molar-refractivity contribution in [2.75, 3.05) is 0 Å². The van der Waals surface area contributed by atoms with Gasteiger partial charge < -0.3 is 0 Å². The normalized spacial score (nSPS) is 10.3. The molecule has 0 fully saturated rings. The Kier molecular flexibility index (Phi) is 2.77. The third-order valence-electron chi connectivity index (χ3n) is 1.96. The van der Waals surface area contributed by atoms with Gasteiger partial charge in [0.15, 0.2) is 11.6 Å². The van der Waals surface area contributed by atoms with Gasteiger partial charge in [0, 0.05) is 16.2 Å². The lowest BCUT2D eigenvalue weighted by Gasteiger charge is -2.02. The highest BCUT2D eigenvalue weighted by atomic mass is 79.9. The Labute approximate surface area is 93.9 Å². The van der Waals surface area contributed by atoms with Crippen molar-refractivity contribution in [1.29, 1.82) is 0 Å². The summed E-state index contributed by atoms with van der Waals surface area (Å²) in [5, 5.41) is 0. The summed E-state index contributed by atoms with van der Waals surface area (Å²) >= 11 is 3.26. The van der Waals surface area contributed by atoms with Crippen LogP contribution in [0.2, 0.25) is 0 Å². The summed E-state index contributed by atoms with van der Waals surface area (Å²) < 4.78 is 27.1. The van der Waals surface area contributed by atoms with Crippen molar-refractivity contribution in [2.45, 2.75) is 0 Å². The van der Waals surface area contributed by atoms with Crippen LogP contribution in [0.5, 0.6) is 0 Å². The maximum Gasteiger partial charge on any atom is 0.185 e. The summed E-state index contributed by atoms with van der Waals surface area (Å²) in [6, 6.07) is 7.85. The van der Waals surface area contributed by atoms with Crippen LogP contribution < -0.4 is 0 Å². The number of pyridine rings is 1. The van der Waals surface area contributed by atoms with Crippen molar-refractivity contribution in [2.24, 2.45) is 0 Å². The molecule has 0 saturated carbocycles. The molecule has 15 heavy (non-hydrogen) atoms. The number of nitrogens with zero attached hydrogens (tertiary/aromatic N) is 1. The molecule has 0 unspecified atom stereocenters. The average Bonchev–Trinajstić information content (AvgIpc) is 2.24. The molecule has 1 heterocycles. The molecule has 1 nitrogen and oxygen atoms in total. The van der Waals surface area contributed by atoms with Crippen molar-refractivity contribution >= 4 is 15.9 Å².